The summed E-state index contributed by atoms with van der Waals surface area (Å²) in [4.78, 5) is 22.7. The number of rotatable bonds is 5. The van der Waals surface area contributed by atoms with E-state index in [1.165, 1.54) is 25.4 Å². The Morgan fingerprint density at radius 2 is 2.05 bits per heavy atom. The van der Waals surface area contributed by atoms with E-state index in [-0.39, 0.29) is 16.5 Å². The molecule has 0 unspecified atom stereocenters. The van der Waals surface area contributed by atoms with Gasteiger partial charge in [0.05, 0.1) is 6.26 Å². The van der Waals surface area contributed by atoms with Gasteiger partial charge in [0.15, 0.2) is 9.84 Å². The zero-order chi connectivity index (χ0) is 16.2. The molecule has 1 atom stereocenters. The zero-order valence-corrected chi connectivity index (χ0v) is 13.2. The monoisotopic (exact) mass is 342 g/mol. The fourth-order valence-corrected chi connectivity index (χ4v) is 4.57. The first-order valence-corrected chi connectivity index (χ1v) is 8.70. The van der Waals surface area contributed by atoms with Crippen molar-refractivity contribution >= 4 is 33.0 Å². The van der Waals surface area contributed by atoms with Crippen LogP contribution in [0.3, 0.4) is 0 Å². The third-order valence-corrected chi connectivity index (χ3v) is 6.38. The minimum absolute atomic E-state index is 0.170. The summed E-state index contributed by atoms with van der Waals surface area (Å²) >= 11 is 1.08. The largest absolute Gasteiger partial charge is 0.468 e. The highest BCUT2D eigenvalue weighted by molar-refractivity contribution is 7.93. The summed E-state index contributed by atoms with van der Waals surface area (Å²) in [5, 5.41) is 5.02. The predicted octanol–water partition coefficient (Wildman–Crippen LogP) is 0.718. The Bertz CT molecular complexity index is 736. The van der Waals surface area contributed by atoms with E-state index in [2.05, 4.69) is 10.6 Å². The molecule has 0 aromatic carbocycles. The van der Waals surface area contributed by atoms with Crippen LogP contribution >= 0.6 is 11.3 Å². The van der Waals surface area contributed by atoms with Gasteiger partial charge >= 0.3 is 11.8 Å². The summed E-state index contributed by atoms with van der Waals surface area (Å²) in [5.41, 5.74) is 0. The standard InChI is InChI=1S/C13H14N2O5S2/c1-14-12(16)13(17)15-8-10(9-4-2-6-20-9)22(18,19)11-5-3-7-21-11/h2-7,10H,8H2,1H3,(H,14,16)(H,15,17)/t10-/m1/s1. The molecule has 2 amide bonds. The molecular formula is C13H14N2O5S2. The number of sulfone groups is 1. The van der Waals surface area contributed by atoms with Crippen molar-refractivity contribution in [2.75, 3.05) is 13.6 Å². The lowest BCUT2D eigenvalue weighted by Crippen LogP contribution is -2.40. The molecule has 2 heterocycles. The summed E-state index contributed by atoms with van der Waals surface area (Å²) in [7, 11) is -2.42. The van der Waals surface area contributed by atoms with Gasteiger partial charge in [0.1, 0.15) is 15.2 Å². The summed E-state index contributed by atoms with van der Waals surface area (Å²) in [5.74, 6) is -1.54. The fourth-order valence-electron chi connectivity index (χ4n) is 1.78. The van der Waals surface area contributed by atoms with Gasteiger partial charge in [0.2, 0.25) is 0 Å². The molecule has 2 aromatic heterocycles. The van der Waals surface area contributed by atoms with Gasteiger partial charge in [-0.05, 0) is 23.6 Å². The van der Waals surface area contributed by atoms with Crippen molar-refractivity contribution in [2.45, 2.75) is 9.46 Å². The average Bonchev–Trinajstić information content (AvgIpc) is 3.19. The number of hydrogen-bond acceptors (Lipinski definition) is 6. The second-order valence-electron chi connectivity index (χ2n) is 4.27. The van der Waals surface area contributed by atoms with E-state index in [0.717, 1.165) is 11.3 Å². The minimum Gasteiger partial charge on any atom is -0.468 e. The highest BCUT2D eigenvalue weighted by atomic mass is 32.2. The van der Waals surface area contributed by atoms with Crippen molar-refractivity contribution < 1.29 is 22.4 Å². The quantitative estimate of drug-likeness (QED) is 0.779. The molecule has 0 bridgehead atoms. The van der Waals surface area contributed by atoms with Gasteiger partial charge in [-0.1, -0.05) is 6.07 Å². The number of amides is 2. The molecule has 0 spiro atoms. The lowest BCUT2D eigenvalue weighted by atomic mass is 10.3. The van der Waals surface area contributed by atoms with Gasteiger partial charge in [0.25, 0.3) is 0 Å². The number of carbonyl (C=O) groups is 2. The maximum Gasteiger partial charge on any atom is 0.309 e. The molecule has 0 saturated carbocycles. The Kier molecular flexibility index (Phi) is 4.99. The molecular weight excluding hydrogens is 328 g/mol. The van der Waals surface area contributed by atoms with Crippen LogP contribution in [0.5, 0.6) is 0 Å². The van der Waals surface area contributed by atoms with Crippen LogP contribution in [0.1, 0.15) is 11.0 Å². The SMILES string of the molecule is CNC(=O)C(=O)NC[C@H](c1ccco1)S(=O)(=O)c1cccs1. The predicted molar refractivity (Wildman–Crippen MR) is 80.0 cm³/mol. The minimum atomic E-state index is -3.73. The number of furan rings is 1. The lowest BCUT2D eigenvalue weighted by Gasteiger charge is -2.15. The fraction of sp³-hybridized carbons (Fsp3) is 0.231. The molecule has 0 aliphatic carbocycles. The Hall–Kier alpha value is -2.13. The number of likely N-dealkylation sites (N-methyl/N-ethyl adjacent to an activating group) is 1. The van der Waals surface area contributed by atoms with Crippen LogP contribution < -0.4 is 10.6 Å². The molecule has 22 heavy (non-hydrogen) atoms. The van der Waals surface area contributed by atoms with Crippen molar-refractivity contribution in [1.29, 1.82) is 0 Å². The van der Waals surface area contributed by atoms with Crippen LogP contribution in [0.15, 0.2) is 44.5 Å². The Balaban J connectivity index is 2.26. The highest BCUT2D eigenvalue weighted by Crippen LogP contribution is 2.31. The van der Waals surface area contributed by atoms with Crippen molar-refractivity contribution in [3.63, 3.8) is 0 Å². The van der Waals surface area contributed by atoms with Crippen molar-refractivity contribution in [1.82, 2.24) is 10.6 Å². The smallest absolute Gasteiger partial charge is 0.309 e. The molecule has 0 saturated heterocycles. The van der Waals surface area contributed by atoms with Crippen molar-refractivity contribution in [3.05, 3.63) is 41.7 Å². The third kappa shape index (κ3) is 3.37. The van der Waals surface area contributed by atoms with Crippen LogP contribution in [-0.2, 0) is 19.4 Å². The van der Waals surface area contributed by atoms with E-state index in [9.17, 15) is 18.0 Å². The van der Waals surface area contributed by atoms with Crippen molar-refractivity contribution in [2.24, 2.45) is 0 Å². The topological polar surface area (TPSA) is 105 Å². The molecule has 2 N–H and O–H groups in total. The summed E-state index contributed by atoms with van der Waals surface area (Å²) in [6.07, 6.45) is 1.35. The maximum absolute atomic E-state index is 12.6. The average molecular weight is 342 g/mol. The van der Waals surface area contributed by atoms with Gasteiger partial charge < -0.3 is 15.1 Å². The second-order valence-corrected chi connectivity index (χ2v) is 7.58. The van der Waals surface area contributed by atoms with E-state index >= 15 is 0 Å². The van der Waals surface area contributed by atoms with Crippen LogP contribution in [0, 0.1) is 0 Å². The molecule has 118 valence electrons. The number of thiophene rings is 1. The Morgan fingerprint density at radius 1 is 1.27 bits per heavy atom. The van der Waals surface area contributed by atoms with Gasteiger partial charge in [-0.3, -0.25) is 9.59 Å². The number of nitrogens with one attached hydrogen (secondary N) is 2. The van der Waals surface area contributed by atoms with Crippen LogP contribution in [-0.4, -0.2) is 33.8 Å². The van der Waals surface area contributed by atoms with Crippen molar-refractivity contribution in [3.8, 4) is 0 Å². The van der Waals surface area contributed by atoms with E-state index in [4.69, 9.17) is 4.42 Å². The molecule has 0 radical (unpaired) electrons. The molecule has 2 aromatic rings. The molecule has 0 aliphatic rings. The van der Waals surface area contributed by atoms with E-state index in [1.54, 1.807) is 17.5 Å². The Labute approximate surface area is 131 Å². The second kappa shape index (κ2) is 6.75. The van der Waals surface area contributed by atoms with Gasteiger partial charge in [0, 0.05) is 13.6 Å². The summed E-state index contributed by atoms with van der Waals surface area (Å²) in [6, 6.07) is 6.19. The van der Waals surface area contributed by atoms with Crippen LogP contribution in [0.2, 0.25) is 0 Å². The van der Waals surface area contributed by atoms with Gasteiger partial charge in [-0.15, -0.1) is 11.3 Å². The first kappa shape index (κ1) is 16.2. The Morgan fingerprint density at radius 3 is 2.59 bits per heavy atom. The van der Waals surface area contributed by atoms with E-state index in [1.807, 2.05) is 0 Å². The number of hydrogen-bond donors (Lipinski definition) is 2. The molecule has 2 rings (SSSR count). The normalized spacial score (nSPS) is 12.6. The first-order chi connectivity index (χ1) is 10.5. The van der Waals surface area contributed by atoms with Gasteiger partial charge in [-0.2, -0.15) is 0 Å². The van der Waals surface area contributed by atoms with E-state index in [0.29, 0.717) is 0 Å². The molecule has 9 heteroatoms. The molecule has 0 aliphatic heterocycles. The molecule has 7 nitrogen and oxygen atoms in total. The van der Waals surface area contributed by atoms with Crippen LogP contribution in [0.4, 0.5) is 0 Å². The lowest BCUT2D eigenvalue weighted by molar-refractivity contribution is -0.138. The highest BCUT2D eigenvalue weighted by Gasteiger charge is 2.33. The van der Waals surface area contributed by atoms with Crippen LogP contribution in [0.25, 0.3) is 0 Å². The summed E-state index contributed by atoms with van der Waals surface area (Å²) < 4.78 is 30.6. The van der Waals surface area contributed by atoms with E-state index < -0.39 is 26.9 Å². The first-order valence-electron chi connectivity index (χ1n) is 6.27. The summed E-state index contributed by atoms with van der Waals surface area (Å²) in [6.45, 7) is -0.264. The number of carbonyl (C=O) groups excluding carboxylic acids is 2. The zero-order valence-electron chi connectivity index (χ0n) is 11.6. The third-order valence-electron chi connectivity index (χ3n) is 2.89. The van der Waals surface area contributed by atoms with Gasteiger partial charge in [-0.25, -0.2) is 8.42 Å². The molecule has 0 fully saturated rings. The maximum atomic E-state index is 12.6.